The van der Waals surface area contributed by atoms with Gasteiger partial charge in [-0.1, -0.05) is 24.8 Å². The number of esters is 1. The molecular weight excluding hydrogens is 318 g/mol. The van der Waals surface area contributed by atoms with Gasteiger partial charge in [-0.2, -0.15) is 0 Å². The molecule has 0 bridgehead atoms. The molecule has 0 saturated carbocycles. The van der Waals surface area contributed by atoms with E-state index in [9.17, 15) is 9.59 Å². The molecule has 0 aliphatic rings. The fraction of sp³-hybridized carbons (Fsp3) is 0.100. The van der Waals surface area contributed by atoms with Crippen LogP contribution in [-0.2, 0) is 9.53 Å². The summed E-state index contributed by atoms with van der Waals surface area (Å²) >= 11 is 0. The molecule has 0 spiro atoms. The highest BCUT2D eigenvalue weighted by Crippen LogP contribution is 2.14. The van der Waals surface area contributed by atoms with Crippen molar-refractivity contribution >= 4 is 23.6 Å². The molecule has 0 atom stereocenters. The van der Waals surface area contributed by atoms with Crippen LogP contribution >= 0.6 is 0 Å². The molecule has 2 aromatic carbocycles. The fourth-order valence-electron chi connectivity index (χ4n) is 1.99. The second kappa shape index (κ2) is 9.08. The number of methoxy groups -OCH3 is 1. The van der Waals surface area contributed by atoms with Crippen molar-refractivity contribution in [1.29, 1.82) is 0 Å². The first-order valence-corrected chi connectivity index (χ1v) is 7.63. The highest BCUT2D eigenvalue weighted by atomic mass is 16.5. The van der Waals surface area contributed by atoms with Gasteiger partial charge >= 0.3 is 5.97 Å². The Balaban J connectivity index is 1.91. The lowest BCUT2D eigenvalue weighted by Gasteiger charge is -2.04. The Hall–Kier alpha value is -3.34. The van der Waals surface area contributed by atoms with Crippen molar-refractivity contribution in [2.75, 3.05) is 19.0 Å². The Morgan fingerprint density at radius 3 is 2.36 bits per heavy atom. The monoisotopic (exact) mass is 337 g/mol. The van der Waals surface area contributed by atoms with Crippen LogP contribution in [0.1, 0.15) is 15.9 Å². The topological polar surface area (TPSA) is 64.6 Å². The molecular formula is C20H19NO4. The molecule has 1 N–H and O–H groups in total. The van der Waals surface area contributed by atoms with Gasteiger partial charge in [0.25, 0.3) is 0 Å². The molecule has 128 valence electrons. The summed E-state index contributed by atoms with van der Waals surface area (Å²) < 4.78 is 10.0. The molecule has 0 aliphatic carbocycles. The summed E-state index contributed by atoms with van der Waals surface area (Å²) in [6, 6.07) is 13.8. The van der Waals surface area contributed by atoms with Crippen molar-refractivity contribution in [3.05, 3.63) is 78.4 Å². The number of amides is 1. The van der Waals surface area contributed by atoms with E-state index in [1.807, 2.05) is 24.3 Å². The normalized spacial score (nSPS) is 10.3. The summed E-state index contributed by atoms with van der Waals surface area (Å²) in [6.07, 6.45) is 4.82. The predicted molar refractivity (Wildman–Crippen MR) is 97.6 cm³/mol. The summed E-state index contributed by atoms with van der Waals surface area (Å²) in [5.74, 6) is 0.0586. The highest BCUT2D eigenvalue weighted by Gasteiger charge is 2.05. The van der Waals surface area contributed by atoms with Crippen molar-refractivity contribution < 1.29 is 19.1 Å². The number of carbonyl (C=O) groups excluding carboxylic acids is 2. The third-order valence-electron chi connectivity index (χ3n) is 3.25. The van der Waals surface area contributed by atoms with E-state index in [0.717, 1.165) is 11.3 Å². The van der Waals surface area contributed by atoms with Crippen molar-refractivity contribution in [2.45, 2.75) is 0 Å². The molecule has 0 fully saturated rings. The van der Waals surface area contributed by atoms with Gasteiger partial charge in [0.2, 0.25) is 5.91 Å². The average molecular weight is 337 g/mol. The van der Waals surface area contributed by atoms with Gasteiger partial charge in [0.15, 0.2) is 0 Å². The van der Waals surface area contributed by atoms with E-state index in [2.05, 4.69) is 16.6 Å². The predicted octanol–water partition coefficient (Wildman–Crippen LogP) is 3.69. The number of ether oxygens (including phenoxy) is 2. The van der Waals surface area contributed by atoms with Crippen LogP contribution < -0.4 is 10.1 Å². The van der Waals surface area contributed by atoms with E-state index in [-0.39, 0.29) is 5.91 Å². The number of carbonyl (C=O) groups is 2. The maximum atomic E-state index is 11.9. The SMILES string of the molecule is C=CCOc1ccc(/C=C/C(=O)Nc2ccc(C(=O)OC)cc2)cc1. The number of hydrogen-bond donors (Lipinski definition) is 1. The van der Waals surface area contributed by atoms with Crippen molar-refractivity contribution in [3.8, 4) is 5.75 Å². The van der Waals surface area contributed by atoms with Crippen LogP contribution in [0.15, 0.2) is 67.3 Å². The van der Waals surface area contributed by atoms with Gasteiger partial charge < -0.3 is 14.8 Å². The molecule has 0 aromatic heterocycles. The van der Waals surface area contributed by atoms with Crippen LogP contribution in [0, 0.1) is 0 Å². The second-order valence-electron chi connectivity index (χ2n) is 5.06. The first kappa shape index (κ1) is 18.0. The van der Waals surface area contributed by atoms with Crippen molar-refractivity contribution in [1.82, 2.24) is 0 Å². The van der Waals surface area contributed by atoms with Gasteiger partial charge in [0.05, 0.1) is 12.7 Å². The number of rotatable bonds is 7. The van der Waals surface area contributed by atoms with Crippen LogP contribution in [0.5, 0.6) is 5.75 Å². The third-order valence-corrected chi connectivity index (χ3v) is 3.25. The molecule has 0 aliphatic heterocycles. The molecule has 0 unspecified atom stereocenters. The standard InChI is InChI=1S/C20H19NO4/c1-3-14-25-18-11-4-15(5-12-18)6-13-19(22)21-17-9-7-16(8-10-17)20(23)24-2/h3-13H,1,14H2,2H3,(H,21,22)/b13-6+. The Morgan fingerprint density at radius 1 is 1.08 bits per heavy atom. The molecule has 2 rings (SSSR count). The van der Waals surface area contributed by atoms with Gasteiger partial charge in [-0.25, -0.2) is 4.79 Å². The van der Waals surface area contributed by atoms with E-state index < -0.39 is 5.97 Å². The number of anilines is 1. The minimum absolute atomic E-state index is 0.266. The number of hydrogen-bond acceptors (Lipinski definition) is 4. The van der Waals surface area contributed by atoms with Gasteiger partial charge in [0.1, 0.15) is 12.4 Å². The highest BCUT2D eigenvalue weighted by molar-refractivity contribution is 6.02. The lowest BCUT2D eigenvalue weighted by molar-refractivity contribution is -0.111. The first-order valence-electron chi connectivity index (χ1n) is 7.63. The molecule has 0 saturated heterocycles. The van der Waals surface area contributed by atoms with E-state index in [1.165, 1.54) is 13.2 Å². The second-order valence-corrected chi connectivity index (χ2v) is 5.06. The van der Waals surface area contributed by atoms with Crippen molar-refractivity contribution in [3.63, 3.8) is 0 Å². The van der Waals surface area contributed by atoms with Crippen LogP contribution in [-0.4, -0.2) is 25.6 Å². The Labute approximate surface area is 146 Å². The van der Waals surface area contributed by atoms with E-state index >= 15 is 0 Å². The number of benzene rings is 2. The summed E-state index contributed by atoms with van der Waals surface area (Å²) in [5, 5.41) is 2.72. The quantitative estimate of drug-likeness (QED) is 0.475. The smallest absolute Gasteiger partial charge is 0.337 e. The van der Waals surface area contributed by atoms with Gasteiger partial charge in [-0.15, -0.1) is 0 Å². The maximum absolute atomic E-state index is 11.9. The van der Waals surface area contributed by atoms with E-state index in [4.69, 9.17) is 4.74 Å². The van der Waals surface area contributed by atoms with Crippen LogP contribution in [0.3, 0.4) is 0 Å². The lowest BCUT2D eigenvalue weighted by atomic mass is 10.2. The zero-order valence-electron chi connectivity index (χ0n) is 13.9. The lowest BCUT2D eigenvalue weighted by Crippen LogP contribution is -2.08. The van der Waals surface area contributed by atoms with E-state index in [0.29, 0.717) is 17.9 Å². The summed E-state index contributed by atoms with van der Waals surface area (Å²) in [6.45, 7) is 4.04. The molecule has 25 heavy (non-hydrogen) atoms. The molecule has 2 aromatic rings. The van der Waals surface area contributed by atoms with Gasteiger partial charge in [-0.05, 0) is 48.0 Å². The van der Waals surface area contributed by atoms with Gasteiger partial charge in [0, 0.05) is 11.8 Å². The molecule has 1 amide bonds. The minimum Gasteiger partial charge on any atom is -0.490 e. The Bertz CT molecular complexity index is 761. The maximum Gasteiger partial charge on any atom is 0.337 e. The molecule has 0 radical (unpaired) electrons. The van der Waals surface area contributed by atoms with E-state index in [1.54, 1.807) is 36.4 Å². The summed E-state index contributed by atoms with van der Waals surface area (Å²) in [5.41, 5.74) is 1.90. The largest absolute Gasteiger partial charge is 0.490 e. The van der Waals surface area contributed by atoms with Crippen LogP contribution in [0.25, 0.3) is 6.08 Å². The molecule has 5 nitrogen and oxygen atoms in total. The zero-order chi connectivity index (χ0) is 18.1. The molecule has 5 heteroatoms. The third kappa shape index (κ3) is 5.66. The van der Waals surface area contributed by atoms with Crippen molar-refractivity contribution in [2.24, 2.45) is 0 Å². The van der Waals surface area contributed by atoms with Gasteiger partial charge in [-0.3, -0.25) is 4.79 Å². The van der Waals surface area contributed by atoms with Crippen LogP contribution in [0.2, 0.25) is 0 Å². The Kier molecular flexibility index (Phi) is 6.54. The average Bonchev–Trinajstić information content (AvgIpc) is 2.65. The summed E-state index contributed by atoms with van der Waals surface area (Å²) in [4.78, 5) is 23.3. The van der Waals surface area contributed by atoms with Crippen LogP contribution in [0.4, 0.5) is 5.69 Å². The first-order chi connectivity index (χ1) is 12.1. The number of nitrogens with one attached hydrogen (secondary N) is 1. The summed E-state index contributed by atoms with van der Waals surface area (Å²) in [7, 11) is 1.32. The zero-order valence-corrected chi connectivity index (χ0v) is 13.9. The fourth-order valence-corrected chi connectivity index (χ4v) is 1.99. The Morgan fingerprint density at radius 2 is 1.76 bits per heavy atom. The molecule has 0 heterocycles. The minimum atomic E-state index is -0.418.